The Balaban J connectivity index is 1.29. The van der Waals surface area contributed by atoms with Gasteiger partial charge in [0, 0.05) is 37.4 Å². The van der Waals surface area contributed by atoms with Gasteiger partial charge >= 0.3 is 0 Å². The first-order valence-corrected chi connectivity index (χ1v) is 10.8. The summed E-state index contributed by atoms with van der Waals surface area (Å²) in [6.45, 7) is 6.76. The molecule has 156 valence electrons. The zero-order valence-electron chi connectivity index (χ0n) is 17.0. The van der Waals surface area contributed by atoms with E-state index in [1.165, 1.54) is 23.9 Å². The standard InChI is InChI=1S/C22H23FN4O2S/c1-15-11-16(2)13-17(12-15)21-24-25-22(29-21)30-14-20(28)27-9-7-26(8-10-27)19-5-3-18(23)4-6-19/h3-6,11-13H,7-10,14H2,1-2H3. The molecule has 8 heteroatoms. The fraction of sp³-hybridized carbons (Fsp3) is 0.318. The average molecular weight is 427 g/mol. The first-order valence-electron chi connectivity index (χ1n) is 9.81. The van der Waals surface area contributed by atoms with Crippen molar-refractivity contribution in [1.29, 1.82) is 0 Å². The Labute approximate surface area is 179 Å². The molecule has 0 radical (unpaired) electrons. The van der Waals surface area contributed by atoms with E-state index in [0.717, 1.165) is 35.5 Å². The minimum atomic E-state index is -0.244. The van der Waals surface area contributed by atoms with Crippen LogP contribution in [0, 0.1) is 19.7 Å². The van der Waals surface area contributed by atoms with Gasteiger partial charge in [-0.25, -0.2) is 4.39 Å². The number of nitrogens with zero attached hydrogens (tertiary/aromatic N) is 4. The molecule has 2 heterocycles. The van der Waals surface area contributed by atoms with Gasteiger partial charge in [-0.2, -0.15) is 0 Å². The van der Waals surface area contributed by atoms with Crippen LogP contribution in [0.4, 0.5) is 10.1 Å². The van der Waals surface area contributed by atoms with Gasteiger partial charge in [0.2, 0.25) is 11.8 Å². The lowest BCUT2D eigenvalue weighted by molar-refractivity contribution is -0.128. The van der Waals surface area contributed by atoms with Crippen LogP contribution < -0.4 is 4.90 Å². The lowest BCUT2D eigenvalue weighted by atomic mass is 10.1. The number of aromatic nitrogens is 2. The van der Waals surface area contributed by atoms with E-state index in [0.29, 0.717) is 24.2 Å². The molecule has 0 spiro atoms. The highest BCUT2D eigenvalue weighted by atomic mass is 32.2. The Kier molecular flexibility index (Phi) is 6.03. The monoisotopic (exact) mass is 426 g/mol. The Morgan fingerprint density at radius 3 is 2.37 bits per heavy atom. The largest absolute Gasteiger partial charge is 0.411 e. The number of hydrogen-bond acceptors (Lipinski definition) is 6. The highest BCUT2D eigenvalue weighted by molar-refractivity contribution is 7.99. The van der Waals surface area contributed by atoms with Gasteiger partial charge in [0.15, 0.2) is 0 Å². The van der Waals surface area contributed by atoms with Crippen LogP contribution in [-0.2, 0) is 4.79 Å². The second-order valence-electron chi connectivity index (χ2n) is 7.38. The molecule has 0 aliphatic carbocycles. The first kappa shape index (κ1) is 20.4. The average Bonchev–Trinajstić information content (AvgIpc) is 3.21. The van der Waals surface area contributed by atoms with Crippen molar-refractivity contribution in [2.45, 2.75) is 19.1 Å². The third kappa shape index (κ3) is 4.81. The molecule has 1 amide bonds. The van der Waals surface area contributed by atoms with Crippen LogP contribution in [0.5, 0.6) is 0 Å². The smallest absolute Gasteiger partial charge is 0.277 e. The summed E-state index contributed by atoms with van der Waals surface area (Å²) in [5, 5.41) is 8.57. The normalized spacial score (nSPS) is 14.2. The number of hydrogen-bond donors (Lipinski definition) is 0. The summed E-state index contributed by atoms with van der Waals surface area (Å²) in [6, 6.07) is 12.5. The highest BCUT2D eigenvalue weighted by Crippen LogP contribution is 2.25. The minimum absolute atomic E-state index is 0.0462. The van der Waals surface area contributed by atoms with Crippen molar-refractivity contribution in [3.63, 3.8) is 0 Å². The maximum absolute atomic E-state index is 13.1. The second-order valence-corrected chi connectivity index (χ2v) is 8.31. The summed E-state index contributed by atoms with van der Waals surface area (Å²) in [5.74, 6) is 0.520. The lowest BCUT2D eigenvalue weighted by Gasteiger charge is -2.36. The molecule has 30 heavy (non-hydrogen) atoms. The molecular weight excluding hydrogens is 403 g/mol. The molecule has 1 aliphatic heterocycles. The van der Waals surface area contributed by atoms with Gasteiger partial charge in [0.25, 0.3) is 5.22 Å². The molecular formula is C22H23FN4O2S. The molecule has 0 unspecified atom stereocenters. The molecule has 0 atom stereocenters. The van der Waals surface area contributed by atoms with Gasteiger partial charge in [-0.3, -0.25) is 4.79 Å². The van der Waals surface area contributed by atoms with E-state index in [9.17, 15) is 9.18 Å². The zero-order chi connectivity index (χ0) is 21.1. The Morgan fingerprint density at radius 2 is 1.70 bits per heavy atom. The maximum atomic E-state index is 13.1. The van der Waals surface area contributed by atoms with Gasteiger partial charge < -0.3 is 14.2 Å². The van der Waals surface area contributed by atoms with E-state index >= 15 is 0 Å². The predicted molar refractivity (Wildman–Crippen MR) is 115 cm³/mol. The molecule has 3 aromatic rings. The first-order chi connectivity index (χ1) is 14.5. The summed E-state index contributed by atoms with van der Waals surface area (Å²) in [7, 11) is 0. The molecule has 4 rings (SSSR count). The van der Waals surface area contributed by atoms with Crippen LogP contribution in [0.25, 0.3) is 11.5 Å². The van der Waals surface area contributed by atoms with Gasteiger partial charge in [0.1, 0.15) is 5.82 Å². The number of halogens is 1. The third-order valence-electron chi connectivity index (χ3n) is 5.02. The fourth-order valence-electron chi connectivity index (χ4n) is 3.56. The number of rotatable bonds is 5. The summed E-state index contributed by atoms with van der Waals surface area (Å²) >= 11 is 1.26. The topological polar surface area (TPSA) is 62.5 Å². The van der Waals surface area contributed by atoms with Crippen molar-refractivity contribution in [2.24, 2.45) is 0 Å². The highest BCUT2D eigenvalue weighted by Gasteiger charge is 2.22. The van der Waals surface area contributed by atoms with Crippen molar-refractivity contribution in [1.82, 2.24) is 15.1 Å². The lowest BCUT2D eigenvalue weighted by Crippen LogP contribution is -2.49. The maximum Gasteiger partial charge on any atom is 0.277 e. The number of thioether (sulfide) groups is 1. The third-order valence-corrected chi connectivity index (χ3v) is 5.82. The Bertz CT molecular complexity index is 1010. The number of benzene rings is 2. The molecule has 0 saturated carbocycles. The predicted octanol–water partition coefficient (Wildman–Crippen LogP) is 3.93. The zero-order valence-corrected chi connectivity index (χ0v) is 17.8. The summed E-state index contributed by atoms with van der Waals surface area (Å²) in [6.07, 6.45) is 0. The van der Waals surface area contributed by atoms with Crippen molar-refractivity contribution in [2.75, 3.05) is 36.8 Å². The number of amides is 1. The number of anilines is 1. The second kappa shape index (κ2) is 8.87. The van der Waals surface area contributed by atoms with Gasteiger partial charge in [0.05, 0.1) is 5.75 Å². The number of aryl methyl sites for hydroxylation is 2. The molecule has 2 aromatic carbocycles. The van der Waals surface area contributed by atoms with Crippen LogP contribution in [-0.4, -0.2) is 52.9 Å². The van der Waals surface area contributed by atoms with Crippen LogP contribution in [0.3, 0.4) is 0 Å². The SMILES string of the molecule is Cc1cc(C)cc(-c2nnc(SCC(=O)N3CCN(c4ccc(F)cc4)CC3)o2)c1. The van der Waals surface area contributed by atoms with E-state index in [2.05, 4.69) is 21.2 Å². The van der Waals surface area contributed by atoms with E-state index < -0.39 is 0 Å². The molecule has 1 aromatic heterocycles. The van der Waals surface area contributed by atoms with Crippen LogP contribution in [0.2, 0.25) is 0 Å². The van der Waals surface area contributed by atoms with E-state index in [-0.39, 0.29) is 17.5 Å². The van der Waals surface area contributed by atoms with Crippen LogP contribution in [0.1, 0.15) is 11.1 Å². The van der Waals surface area contributed by atoms with Crippen molar-refractivity contribution in [3.05, 3.63) is 59.4 Å². The molecule has 6 nitrogen and oxygen atoms in total. The van der Waals surface area contributed by atoms with E-state index in [1.807, 2.05) is 30.9 Å². The molecule has 0 N–H and O–H groups in total. The fourth-order valence-corrected chi connectivity index (χ4v) is 4.23. The molecule has 0 bridgehead atoms. The van der Waals surface area contributed by atoms with E-state index in [1.54, 1.807) is 12.1 Å². The van der Waals surface area contributed by atoms with Crippen LogP contribution in [0.15, 0.2) is 52.1 Å². The molecule has 1 aliphatic rings. The van der Waals surface area contributed by atoms with Gasteiger partial charge in [-0.1, -0.05) is 29.0 Å². The number of carbonyl (C=O) groups excluding carboxylic acids is 1. The van der Waals surface area contributed by atoms with Crippen LogP contribution >= 0.6 is 11.8 Å². The van der Waals surface area contributed by atoms with Crippen molar-refractivity contribution >= 4 is 23.4 Å². The number of piperazine rings is 1. The minimum Gasteiger partial charge on any atom is -0.411 e. The summed E-state index contributed by atoms with van der Waals surface area (Å²) in [5.41, 5.74) is 4.12. The van der Waals surface area contributed by atoms with Crippen molar-refractivity contribution in [3.8, 4) is 11.5 Å². The molecule has 1 saturated heterocycles. The van der Waals surface area contributed by atoms with Crippen molar-refractivity contribution < 1.29 is 13.6 Å². The molecule has 1 fully saturated rings. The van der Waals surface area contributed by atoms with Gasteiger partial charge in [-0.15, -0.1) is 10.2 Å². The summed E-state index contributed by atoms with van der Waals surface area (Å²) in [4.78, 5) is 16.6. The van der Waals surface area contributed by atoms with E-state index in [4.69, 9.17) is 4.42 Å². The summed E-state index contributed by atoms with van der Waals surface area (Å²) < 4.78 is 18.8. The Morgan fingerprint density at radius 1 is 1.03 bits per heavy atom. The van der Waals surface area contributed by atoms with Gasteiger partial charge in [-0.05, 0) is 50.2 Å². The quantitative estimate of drug-likeness (QED) is 0.576. The Hall–Kier alpha value is -2.87. The number of carbonyl (C=O) groups is 1.